The van der Waals surface area contributed by atoms with Crippen LogP contribution in [-0.2, 0) is 0 Å². The molecule has 0 saturated carbocycles. The highest BCUT2D eigenvalue weighted by Gasteiger charge is 2.40. The maximum atomic E-state index is 16.4. The van der Waals surface area contributed by atoms with Crippen LogP contribution < -0.4 is 25.3 Å². The van der Waals surface area contributed by atoms with E-state index in [1.807, 2.05) is 0 Å². The van der Waals surface area contributed by atoms with Crippen molar-refractivity contribution >= 4 is 39.1 Å². The number of para-hydroxylation sites is 1. The van der Waals surface area contributed by atoms with E-state index in [2.05, 4.69) is 30.6 Å². The molecule has 9 nitrogen and oxygen atoms in total. The number of rotatable bonds is 7. The molecule has 0 spiro atoms. The van der Waals surface area contributed by atoms with Gasteiger partial charge >= 0.3 is 0 Å². The van der Waals surface area contributed by atoms with E-state index in [-0.39, 0.29) is 55.3 Å². The highest BCUT2D eigenvalue weighted by molar-refractivity contribution is 5.78. The molecule has 296 valence electrons. The molecule has 15 heteroatoms. The first-order chi connectivity index (χ1) is 27.7. The summed E-state index contributed by atoms with van der Waals surface area (Å²) in [6.07, 6.45) is 4.57. The van der Waals surface area contributed by atoms with Crippen LogP contribution in [0.2, 0.25) is 0 Å². The Hall–Kier alpha value is -5.28. The Morgan fingerprint density at radius 1 is 0.526 bits per heavy atom. The first-order valence-electron chi connectivity index (χ1n) is 19.8. The molecule has 6 heterocycles. The Morgan fingerprint density at radius 3 is 1.42 bits per heavy atom. The Morgan fingerprint density at radius 2 is 0.982 bits per heavy atom. The minimum Gasteiger partial charge on any atom is -0.363 e. The van der Waals surface area contributed by atoms with Gasteiger partial charge in [-0.25, -0.2) is 36.3 Å². The third-order valence-corrected chi connectivity index (χ3v) is 12.3. The summed E-state index contributed by atoms with van der Waals surface area (Å²) in [5.74, 6) is -2.70. The molecule has 0 radical (unpaired) electrons. The van der Waals surface area contributed by atoms with Crippen molar-refractivity contribution in [3.63, 3.8) is 0 Å². The number of hydrogen-bond donors (Lipinski definition) is 4. The third-order valence-electron chi connectivity index (χ3n) is 12.3. The van der Waals surface area contributed by atoms with Crippen molar-refractivity contribution < 1.29 is 26.3 Å². The summed E-state index contributed by atoms with van der Waals surface area (Å²) in [7, 11) is 0. The van der Waals surface area contributed by atoms with Gasteiger partial charge in [-0.05, 0) is 88.0 Å². The fourth-order valence-corrected chi connectivity index (χ4v) is 9.54. The third kappa shape index (κ3) is 6.35. The first-order valence-corrected chi connectivity index (χ1v) is 19.8. The van der Waals surface area contributed by atoms with Crippen LogP contribution in [-0.4, -0.2) is 59.2 Å². The topological polar surface area (TPSA) is 91.1 Å². The van der Waals surface area contributed by atoms with Crippen LogP contribution in [0.25, 0.3) is 22.1 Å². The lowest BCUT2D eigenvalue weighted by molar-refractivity contribution is 0.535. The van der Waals surface area contributed by atoms with E-state index in [1.165, 1.54) is 52.3 Å². The summed E-state index contributed by atoms with van der Waals surface area (Å²) in [4.78, 5) is 20.8. The number of anilines is 3. The van der Waals surface area contributed by atoms with E-state index >= 15 is 17.6 Å². The Labute approximate surface area is 324 Å². The number of nitrogens with one attached hydrogen (secondary N) is 4. The Bertz CT molecular complexity index is 2330. The minimum atomic E-state index is -0.851. The molecule has 4 N–H and O–H groups in total. The summed E-state index contributed by atoms with van der Waals surface area (Å²) in [6, 6.07) is 10.9. The van der Waals surface area contributed by atoms with Gasteiger partial charge in [-0.1, -0.05) is 6.07 Å². The minimum absolute atomic E-state index is 0.0368. The van der Waals surface area contributed by atoms with Crippen molar-refractivity contribution in [2.75, 3.05) is 54.0 Å². The number of aromatic amines is 2. The predicted octanol–water partition coefficient (Wildman–Crippen LogP) is 8.53. The zero-order valence-corrected chi connectivity index (χ0v) is 31.0. The van der Waals surface area contributed by atoms with Gasteiger partial charge in [0.25, 0.3) is 0 Å². The van der Waals surface area contributed by atoms with E-state index in [0.717, 1.165) is 50.4 Å². The second-order valence-electron chi connectivity index (χ2n) is 15.6. The fourth-order valence-electron chi connectivity index (χ4n) is 9.54. The second-order valence-corrected chi connectivity index (χ2v) is 15.6. The summed E-state index contributed by atoms with van der Waals surface area (Å²) in [5.41, 5.74) is 2.53. The van der Waals surface area contributed by atoms with E-state index < -0.39 is 47.0 Å². The SMILES string of the molecule is Fc1cc2nc([C@@H]3CCCN3)[nH]c2cc1[C@@H]1CC[C@@H](c2cc3[nH]c([C@@H]4CCCN4)nc3cc2F)N1c1cc(F)c(N2CCN(c3c(F)cccc3F)CC2)c(F)c1. The normalized spacial score (nSPS) is 22.9. The Kier molecular flexibility index (Phi) is 9.04. The quantitative estimate of drug-likeness (QED) is 0.121. The number of benzene rings is 4. The molecule has 2 aromatic heterocycles. The van der Waals surface area contributed by atoms with E-state index in [1.54, 1.807) is 17.0 Å². The van der Waals surface area contributed by atoms with Gasteiger partial charge in [0.2, 0.25) is 0 Å². The predicted molar refractivity (Wildman–Crippen MR) is 206 cm³/mol. The average molecular weight is 786 g/mol. The Balaban J connectivity index is 1.02. The van der Waals surface area contributed by atoms with E-state index in [9.17, 15) is 8.78 Å². The molecule has 4 aliphatic rings. The van der Waals surface area contributed by atoms with Crippen LogP contribution >= 0.6 is 0 Å². The number of nitrogens with zero attached hydrogens (tertiary/aromatic N) is 5. The zero-order chi connectivity index (χ0) is 38.9. The van der Waals surface area contributed by atoms with Crippen molar-refractivity contribution in [1.29, 1.82) is 0 Å². The van der Waals surface area contributed by atoms with Gasteiger partial charge in [-0.15, -0.1) is 0 Å². The lowest BCUT2D eigenvalue weighted by atomic mass is 10.0. The number of H-pyrrole nitrogens is 2. The number of fused-ring (bicyclic) bond motifs is 2. The molecule has 0 aliphatic carbocycles. The maximum Gasteiger partial charge on any atom is 0.151 e. The summed E-state index contributed by atoms with van der Waals surface area (Å²) in [6.45, 7) is 2.23. The van der Waals surface area contributed by atoms with Crippen molar-refractivity contribution in [2.24, 2.45) is 0 Å². The molecule has 10 rings (SSSR count). The number of imidazole rings is 2. The molecule has 57 heavy (non-hydrogen) atoms. The molecule has 4 aromatic carbocycles. The number of piperazine rings is 1. The van der Waals surface area contributed by atoms with Crippen molar-refractivity contribution in [3.05, 3.63) is 112 Å². The van der Waals surface area contributed by atoms with Gasteiger partial charge < -0.3 is 35.3 Å². The largest absolute Gasteiger partial charge is 0.363 e. The zero-order valence-electron chi connectivity index (χ0n) is 31.0. The van der Waals surface area contributed by atoms with Crippen molar-refractivity contribution in [2.45, 2.75) is 62.7 Å². The average Bonchev–Trinajstić information content (AvgIpc) is 4.04. The van der Waals surface area contributed by atoms with Gasteiger partial charge in [0.15, 0.2) is 11.6 Å². The molecule has 6 aromatic rings. The van der Waals surface area contributed by atoms with Crippen LogP contribution in [0.4, 0.5) is 43.4 Å². The van der Waals surface area contributed by atoms with Gasteiger partial charge in [-0.3, -0.25) is 0 Å². The first kappa shape index (κ1) is 36.1. The highest BCUT2D eigenvalue weighted by Crippen LogP contribution is 2.50. The lowest BCUT2D eigenvalue weighted by Gasteiger charge is -2.38. The summed E-state index contributed by atoms with van der Waals surface area (Å²) < 4.78 is 94.5. The van der Waals surface area contributed by atoms with Crippen LogP contribution in [0.5, 0.6) is 0 Å². The molecule has 4 saturated heterocycles. The molecule has 0 bridgehead atoms. The molecule has 4 aliphatic heterocycles. The smallest absolute Gasteiger partial charge is 0.151 e. The maximum absolute atomic E-state index is 16.4. The van der Waals surface area contributed by atoms with E-state index in [4.69, 9.17) is 0 Å². The standard InChI is InChI=1S/C42H41F6N9/c43-25-4-1-5-26(44)39(25)55-12-14-56(15-13-55)40-29(47)16-22(17-30(40)48)57-37(23-18-33-35(20-27(23)45)53-41(51-33)31-6-2-10-49-31)8-9-38(57)24-19-34-36(21-28(24)46)54-42(52-34)32-7-3-11-50-32/h1,4-5,16-21,31-32,37-38,49-50H,2-3,6-15H2,(H,51,53)(H,52,54)/t31-,32-,37-,38-/m0/s1. The highest BCUT2D eigenvalue weighted by atomic mass is 19.2. The number of hydrogen-bond acceptors (Lipinski definition) is 7. The van der Waals surface area contributed by atoms with Crippen LogP contribution in [0.3, 0.4) is 0 Å². The lowest BCUT2D eigenvalue weighted by Crippen LogP contribution is -2.47. The van der Waals surface area contributed by atoms with Crippen molar-refractivity contribution in [1.82, 2.24) is 30.6 Å². The molecular weight excluding hydrogens is 745 g/mol. The fraction of sp³-hybridized carbons (Fsp3) is 0.381. The van der Waals surface area contributed by atoms with Crippen LogP contribution in [0.15, 0.2) is 54.6 Å². The second kappa shape index (κ2) is 14.3. The molecule has 4 fully saturated rings. The molecular formula is C42H41F6N9. The van der Waals surface area contributed by atoms with Gasteiger partial charge in [0.1, 0.15) is 46.3 Å². The van der Waals surface area contributed by atoms with E-state index in [0.29, 0.717) is 46.0 Å². The summed E-state index contributed by atoms with van der Waals surface area (Å²) in [5, 5.41) is 6.82. The number of aromatic nitrogens is 4. The molecule has 0 unspecified atom stereocenters. The monoisotopic (exact) mass is 785 g/mol. The molecule has 4 atom stereocenters. The summed E-state index contributed by atoms with van der Waals surface area (Å²) >= 11 is 0. The van der Waals surface area contributed by atoms with Gasteiger partial charge in [0.05, 0.1) is 46.2 Å². The van der Waals surface area contributed by atoms with Gasteiger partial charge in [-0.2, -0.15) is 0 Å². The van der Waals surface area contributed by atoms with Crippen LogP contribution in [0.1, 0.15) is 85.5 Å². The number of halogens is 6. The van der Waals surface area contributed by atoms with Gasteiger partial charge in [0, 0.05) is 55.1 Å². The molecule has 0 amide bonds. The van der Waals surface area contributed by atoms with Crippen molar-refractivity contribution in [3.8, 4) is 0 Å². The van der Waals surface area contributed by atoms with Crippen LogP contribution in [0, 0.1) is 34.9 Å².